The molecule has 1 aromatic heterocycles. The van der Waals surface area contributed by atoms with Gasteiger partial charge in [0.05, 0.1) is 0 Å². The van der Waals surface area contributed by atoms with Crippen molar-refractivity contribution in [2.75, 3.05) is 26.3 Å². The maximum Gasteiger partial charge on any atom is 0.260 e. The molecule has 0 saturated carbocycles. The number of carbonyl (C=O) groups is 1. The zero-order chi connectivity index (χ0) is 17.2. The van der Waals surface area contributed by atoms with Crippen molar-refractivity contribution in [3.05, 3.63) is 29.5 Å². The summed E-state index contributed by atoms with van der Waals surface area (Å²) in [5, 5.41) is 10.4. The molecule has 1 aliphatic carbocycles. The monoisotopic (exact) mass is 343 g/mol. The summed E-state index contributed by atoms with van der Waals surface area (Å²) in [6.45, 7) is 1.58. The first-order chi connectivity index (χ1) is 12.2. The number of amides is 1. The summed E-state index contributed by atoms with van der Waals surface area (Å²) in [4.78, 5) is 14.2. The zero-order valence-electron chi connectivity index (χ0n) is 14.5. The van der Waals surface area contributed by atoms with E-state index >= 15 is 0 Å². The number of aliphatic hydroxyl groups excluding tert-OH is 1. The lowest BCUT2D eigenvalue weighted by Crippen LogP contribution is -2.43. The Morgan fingerprint density at radius 1 is 1.28 bits per heavy atom. The van der Waals surface area contributed by atoms with Crippen molar-refractivity contribution < 1.29 is 19.1 Å². The molecule has 1 saturated heterocycles. The zero-order valence-corrected chi connectivity index (χ0v) is 14.5. The smallest absolute Gasteiger partial charge is 0.260 e. The van der Waals surface area contributed by atoms with E-state index in [2.05, 4.69) is 0 Å². The number of ether oxygens (including phenoxy) is 1. The van der Waals surface area contributed by atoms with Crippen LogP contribution in [0.25, 0.3) is 11.0 Å². The number of rotatable bonds is 4. The SMILES string of the molecule is O=C(COc1ccc2oc3c(c2c1)CCCC3)N1CCCC(CO)C1. The van der Waals surface area contributed by atoms with Crippen molar-refractivity contribution in [3.63, 3.8) is 0 Å². The summed E-state index contributed by atoms with van der Waals surface area (Å²) in [5.74, 6) is 2.02. The molecule has 2 aliphatic rings. The third kappa shape index (κ3) is 3.38. The molecule has 1 unspecified atom stereocenters. The van der Waals surface area contributed by atoms with Gasteiger partial charge in [-0.25, -0.2) is 0 Å². The predicted molar refractivity (Wildman–Crippen MR) is 94.7 cm³/mol. The summed E-state index contributed by atoms with van der Waals surface area (Å²) in [6, 6.07) is 5.82. The minimum absolute atomic E-state index is 0.00697. The average molecular weight is 343 g/mol. The summed E-state index contributed by atoms with van der Waals surface area (Å²) in [6.07, 6.45) is 6.40. The highest BCUT2D eigenvalue weighted by Crippen LogP contribution is 2.34. The second-order valence-corrected chi connectivity index (χ2v) is 7.19. The average Bonchev–Trinajstić information content (AvgIpc) is 3.04. The minimum Gasteiger partial charge on any atom is -0.484 e. The lowest BCUT2D eigenvalue weighted by atomic mass is 9.96. The molecule has 1 N–H and O–H groups in total. The fraction of sp³-hybridized carbons (Fsp3) is 0.550. The van der Waals surface area contributed by atoms with E-state index in [1.807, 2.05) is 23.1 Å². The van der Waals surface area contributed by atoms with Gasteiger partial charge in [0.2, 0.25) is 0 Å². The van der Waals surface area contributed by atoms with Crippen molar-refractivity contribution >= 4 is 16.9 Å². The van der Waals surface area contributed by atoms with E-state index in [1.54, 1.807) is 0 Å². The molecule has 5 nitrogen and oxygen atoms in total. The van der Waals surface area contributed by atoms with Crippen molar-refractivity contribution in [3.8, 4) is 5.75 Å². The van der Waals surface area contributed by atoms with Gasteiger partial charge in [-0.05, 0) is 56.2 Å². The van der Waals surface area contributed by atoms with Crippen LogP contribution < -0.4 is 4.74 Å². The Morgan fingerprint density at radius 3 is 3.04 bits per heavy atom. The van der Waals surface area contributed by atoms with Crippen LogP contribution in [0.1, 0.15) is 37.0 Å². The standard InChI is InChI=1S/C20H25NO4/c22-12-14-4-3-9-21(11-14)20(23)13-24-15-7-8-19-17(10-15)16-5-1-2-6-18(16)25-19/h7-8,10,14,22H,1-6,9,11-13H2. The number of fused-ring (bicyclic) bond motifs is 3. The molecule has 0 spiro atoms. The Kier molecular flexibility index (Phi) is 4.66. The number of piperidine rings is 1. The van der Waals surface area contributed by atoms with Gasteiger partial charge in [-0.1, -0.05) is 0 Å². The van der Waals surface area contributed by atoms with Crippen LogP contribution in [-0.2, 0) is 17.6 Å². The Hall–Kier alpha value is -2.01. The van der Waals surface area contributed by atoms with E-state index in [0.29, 0.717) is 12.3 Å². The van der Waals surface area contributed by atoms with Crippen LogP contribution in [0, 0.1) is 5.92 Å². The topological polar surface area (TPSA) is 62.9 Å². The number of likely N-dealkylation sites (tertiary alicyclic amines) is 1. The van der Waals surface area contributed by atoms with Gasteiger partial charge in [-0.2, -0.15) is 0 Å². The Morgan fingerprint density at radius 2 is 2.16 bits per heavy atom. The van der Waals surface area contributed by atoms with Crippen LogP contribution in [0.2, 0.25) is 0 Å². The molecular formula is C20H25NO4. The molecule has 1 atom stereocenters. The normalized spacial score (nSPS) is 20.5. The van der Waals surface area contributed by atoms with Crippen LogP contribution in [0.15, 0.2) is 22.6 Å². The predicted octanol–water partition coefficient (Wildman–Crippen LogP) is 2.92. The highest BCUT2D eigenvalue weighted by Gasteiger charge is 2.23. The first-order valence-electron chi connectivity index (χ1n) is 9.30. The molecule has 1 aliphatic heterocycles. The van der Waals surface area contributed by atoms with Crippen LogP contribution >= 0.6 is 0 Å². The Bertz CT molecular complexity index is 766. The lowest BCUT2D eigenvalue weighted by molar-refractivity contribution is -0.135. The third-order valence-corrected chi connectivity index (χ3v) is 5.42. The maximum absolute atomic E-state index is 12.4. The lowest BCUT2D eigenvalue weighted by Gasteiger charge is -2.31. The number of hydrogen-bond donors (Lipinski definition) is 1. The molecule has 2 aromatic rings. The molecule has 2 heterocycles. The largest absolute Gasteiger partial charge is 0.484 e. The second-order valence-electron chi connectivity index (χ2n) is 7.19. The molecule has 0 radical (unpaired) electrons. The van der Waals surface area contributed by atoms with Crippen LogP contribution in [0.5, 0.6) is 5.75 Å². The quantitative estimate of drug-likeness (QED) is 0.927. The fourth-order valence-electron chi connectivity index (χ4n) is 4.01. The molecule has 134 valence electrons. The van der Waals surface area contributed by atoms with E-state index in [4.69, 9.17) is 9.15 Å². The maximum atomic E-state index is 12.4. The molecule has 0 bridgehead atoms. The molecule has 1 fully saturated rings. The van der Waals surface area contributed by atoms with Crippen molar-refractivity contribution in [1.29, 1.82) is 0 Å². The minimum atomic E-state index is -0.00697. The molecule has 25 heavy (non-hydrogen) atoms. The van der Waals surface area contributed by atoms with Gasteiger partial charge in [-0.3, -0.25) is 4.79 Å². The molecule has 5 heteroatoms. The summed E-state index contributed by atoms with van der Waals surface area (Å²) < 4.78 is 11.7. The van der Waals surface area contributed by atoms with E-state index in [-0.39, 0.29) is 25.0 Å². The van der Waals surface area contributed by atoms with Gasteiger partial charge < -0.3 is 19.2 Å². The number of hydrogen-bond acceptors (Lipinski definition) is 4. The van der Waals surface area contributed by atoms with Gasteiger partial charge in [0.15, 0.2) is 6.61 Å². The van der Waals surface area contributed by atoms with Crippen LogP contribution in [0.3, 0.4) is 0 Å². The number of aryl methyl sites for hydroxylation is 2. The second kappa shape index (κ2) is 7.08. The first-order valence-corrected chi connectivity index (χ1v) is 9.30. The van der Waals surface area contributed by atoms with Crippen molar-refractivity contribution in [1.82, 2.24) is 4.90 Å². The summed E-state index contributed by atoms with van der Waals surface area (Å²) in [7, 11) is 0. The van der Waals surface area contributed by atoms with Crippen molar-refractivity contribution in [2.45, 2.75) is 38.5 Å². The van der Waals surface area contributed by atoms with E-state index < -0.39 is 0 Å². The van der Waals surface area contributed by atoms with Gasteiger partial charge in [0, 0.05) is 37.1 Å². The van der Waals surface area contributed by atoms with E-state index in [0.717, 1.165) is 49.0 Å². The van der Waals surface area contributed by atoms with Gasteiger partial charge >= 0.3 is 0 Å². The van der Waals surface area contributed by atoms with Gasteiger partial charge in [-0.15, -0.1) is 0 Å². The molecular weight excluding hydrogens is 318 g/mol. The third-order valence-electron chi connectivity index (χ3n) is 5.42. The van der Waals surface area contributed by atoms with Crippen LogP contribution in [-0.4, -0.2) is 42.2 Å². The highest BCUT2D eigenvalue weighted by atomic mass is 16.5. The number of furan rings is 1. The van der Waals surface area contributed by atoms with E-state index in [1.165, 1.54) is 18.4 Å². The summed E-state index contributed by atoms with van der Waals surface area (Å²) >= 11 is 0. The van der Waals surface area contributed by atoms with Crippen LogP contribution in [0.4, 0.5) is 0 Å². The summed E-state index contributed by atoms with van der Waals surface area (Å²) in [5.41, 5.74) is 2.22. The first kappa shape index (κ1) is 16.5. The Labute approximate surface area is 147 Å². The molecule has 4 rings (SSSR count). The molecule has 1 aromatic carbocycles. The number of aliphatic hydroxyl groups is 1. The van der Waals surface area contributed by atoms with Gasteiger partial charge in [0.1, 0.15) is 17.1 Å². The van der Waals surface area contributed by atoms with Crippen molar-refractivity contribution in [2.24, 2.45) is 5.92 Å². The van der Waals surface area contributed by atoms with E-state index in [9.17, 15) is 9.90 Å². The number of carbonyl (C=O) groups excluding carboxylic acids is 1. The molecule has 1 amide bonds. The Balaban J connectivity index is 1.43. The number of nitrogens with zero attached hydrogens (tertiary/aromatic N) is 1. The number of benzene rings is 1. The van der Waals surface area contributed by atoms with Gasteiger partial charge in [0.25, 0.3) is 5.91 Å². The fourth-order valence-corrected chi connectivity index (χ4v) is 4.01. The highest BCUT2D eigenvalue weighted by molar-refractivity contribution is 5.84.